The summed E-state index contributed by atoms with van der Waals surface area (Å²) in [6, 6.07) is 8.41. The molecular formula is C16H15N3O3. The van der Waals surface area contributed by atoms with E-state index in [0.717, 1.165) is 0 Å². The van der Waals surface area contributed by atoms with Gasteiger partial charge in [-0.25, -0.2) is 0 Å². The van der Waals surface area contributed by atoms with E-state index in [-0.39, 0.29) is 11.8 Å². The van der Waals surface area contributed by atoms with Crippen LogP contribution in [0.2, 0.25) is 0 Å². The summed E-state index contributed by atoms with van der Waals surface area (Å²) in [5.41, 5.74) is 1.45. The summed E-state index contributed by atoms with van der Waals surface area (Å²) < 4.78 is 5.55. The van der Waals surface area contributed by atoms with Gasteiger partial charge in [-0.3, -0.25) is 14.6 Å². The van der Waals surface area contributed by atoms with Gasteiger partial charge in [-0.05, 0) is 30.3 Å². The van der Waals surface area contributed by atoms with Crippen LogP contribution in [0.4, 0.5) is 5.69 Å². The lowest BCUT2D eigenvalue weighted by Crippen LogP contribution is -2.27. The number of pyridine rings is 1. The molecule has 0 fully saturated rings. The van der Waals surface area contributed by atoms with Crippen molar-refractivity contribution in [1.29, 1.82) is 0 Å². The number of likely N-dealkylation sites (N-methyl/N-ethyl adjacent to an activating group) is 1. The molecule has 6 nitrogen and oxygen atoms in total. The number of carbonyl (C=O) groups excluding carboxylic acids is 2. The number of nitrogens with one attached hydrogen (secondary N) is 1. The van der Waals surface area contributed by atoms with E-state index in [1.165, 1.54) is 6.20 Å². The van der Waals surface area contributed by atoms with Gasteiger partial charge in [0.1, 0.15) is 12.4 Å². The van der Waals surface area contributed by atoms with E-state index in [9.17, 15) is 9.59 Å². The fourth-order valence-corrected chi connectivity index (χ4v) is 2.20. The molecule has 2 aromatic rings. The van der Waals surface area contributed by atoms with Crippen molar-refractivity contribution in [3.05, 3.63) is 53.9 Å². The topological polar surface area (TPSA) is 71.5 Å². The van der Waals surface area contributed by atoms with Crippen molar-refractivity contribution in [2.45, 2.75) is 0 Å². The fourth-order valence-electron chi connectivity index (χ4n) is 2.20. The van der Waals surface area contributed by atoms with Gasteiger partial charge < -0.3 is 15.0 Å². The Balaban J connectivity index is 1.86. The minimum absolute atomic E-state index is 0.120. The van der Waals surface area contributed by atoms with E-state index in [2.05, 4.69) is 10.3 Å². The molecule has 0 bridgehead atoms. The summed E-state index contributed by atoms with van der Waals surface area (Å²) in [7, 11) is 1.72. The van der Waals surface area contributed by atoms with Crippen LogP contribution in [0.3, 0.4) is 0 Å². The second-order valence-electron chi connectivity index (χ2n) is 4.98. The summed E-state index contributed by atoms with van der Waals surface area (Å²) in [4.78, 5) is 29.9. The van der Waals surface area contributed by atoms with Crippen molar-refractivity contribution in [2.75, 3.05) is 25.5 Å². The van der Waals surface area contributed by atoms with Crippen molar-refractivity contribution in [1.82, 2.24) is 9.88 Å². The molecule has 0 radical (unpaired) electrons. The maximum absolute atomic E-state index is 12.3. The third-order valence-electron chi connectivity index (χ3n) is 3.42. The molecule has 1 aliphatic heterocycles. The number of hydrogen-bond acceptors (Lipinski definition) is 4. The molecule has 0 atom stereocenters. The minimum Gasteiger partial charge on any atom is -0.491 e. The highest BCUT2D eigenvalue weighted by Crippen LogP contribution is 2.26. The summed E-state index contributed by atoms with van der Waals surface area (Å²) in [5.74, 6) is 0.141. The first-order chi connectivity index (χ1) is 10.6. The van der Waals surface area contributed by atoms with Gasteiger partial charge >= 0.3 is 0 Å². The lowest BCUT2D eigenvalue weighted by atomic mass is 10.1. The van der Waals surface area contributed by atoms with E-state index in [4.69, 9.17) is 4.74 Å². The van der Waals surface area contributed by atoms with Crippen molar-refractivity contribution in [2.24, 2.45) is 0 Å². The molecule has 2 heterocycles. The summed E-state index contributed by atoms with van der Waals surface area (Å²) in [6.45, 7) is 0.988. The van der Waals surface area contributed by atoms with E-state index < -0.39 is 0 Å². The van der Waals surface area contributed by atoms with Gasteiger partial charge in [0.25, 0.3) is 11.8 Å². The van der Waals surface area contributed by atoms with E-state index in [1.54, 1.807) is 48.5 Å². The fraction of sp³-hybridized carbons (Fsp3) is 0.188. The highest BCUT2D eigenvalue weighted by molar-refractivity contribution is 6.05. The van der Waals surface area contributed by atoms with Crippen LogP contribution in [0.1, 0.15) is 20.7 Å². The Morgan fingerprint density at radius 2 is 2.23 bits per heavy atom. The van der Waals surface area contributed by atoms with Crippen LogP contribution >= 0.6 is 0 Å². The molecule has 6 heteroatoms. The Morgan fingerprint density at radius 1 is 1.36 bits per heavy atom. The van der Waals surface area contributed by atoms with Gasteiger partial charge in [-0.1, -0.05) is 0 Å². The number of fused-ring (bicyclic) bond motifs is 1. The number of ether oxygens (including phenoxy) is 1. The Hall–Kier alpha value is -2.89. The quantitative estimate of drug-likeness (QED) is 0.917. The largest absolute Gasteiger partial charge is 0.491 e. The Labute approximate surface area is 127 Å². The van der Waals surface area contributed by atoms with Crippen molar-refractivity contribution < 1.29 is 14.3 Å². The Morgan fingerprint density at radius 3 is 3.00 bits per heavy atom. The van der Waals surface area contributed by atoms with Gasteiger partial charge in [-0.2, -0.15) is 0 Å². The molecule has 1 aromatic carbocycles. The number of anilines is 1. The van der Waals surface area contributed by atoms with Gasteiger partial charge in [0, 0.05) is 25.1 Å². The number of carbonyl (C=O) groups is 2. The molecular weight excluding hydrogens is 282 g/mol. The van der Waals surface area contributed by atoms with Crippen LogP contribution in [0.25, 0.3) is 0 Å². The Bertz CT molecular complexity index is 716. The number of aromatic nitrogens is 1. The van der Waals surface area contributed by atoms with Crippen LogP contribution in [-0.4, -0.2) is 41.9 Å². The van der Waals surface area contributed by atoms with Gasteiger partial charge in [0.05, 0.1) is 17.7 Å². The standard InChI is InChI=1S/C16H15N3O3/c1-19-7-8-22-14-5-4-12(9-13(14)16(19)21)18-15(20)11-3-2-6-17-10-11/h2-6,9-10H,7-8H2,1H3,(H,18,20). The highest BCUT2D eigenvalue weighted by atomic mass is 16.5. The maximum Gasteiger partial charge on any atom is 0.257 e. The second kappa shape index (κ2) is 5.85. The predicted octanol–water partition coefficient (Wildman–Crippen LogP) is 1.80. The molecule has 22 heavy (non-hydrogen) atoms. The number of hydrogen-bond donors (Lipinski definition) is 1. The van der Waals surface area contributed by atoms with Crippen molar-refractivity contribution in [3.8, 4) is 5.75 Å². The van der Waals surface area contributed by atoms with Crippen LogP contribution < -0.4 is 10.1 Å². The van der Waals surface area contributed by atoms with Crippen molar-refractivity contribution >= 4 is 17.5 Å². The normalized spacial score (nSPS) is 13.9. The zero-order chi connectivity index (χ0) is 15.5. The zero-order valence-electron chi connectivity index (χ0n) is 12.1. The summed E-state index contributed by atoms with van der Waals surface area (Å²) in [5, 5.41) is 2.76. The Kier molecular flexibility index (Phi) is 3.74. The number of rotatable bonds is 2. The molecule has 0 saturated heterocycles. The molecule has 112 valence electrons. The second-order valence-corrected chi connectivity index (χ2v) is 4.98. The van der Waals surface area contributed by atoms with Gasteiger partial charge in [0.15, 0.2) is 0 Å². The first-order valence-electron chi connectivity index (χ1n) is 6.89. The van der Waals surface area contributed by atoms with E-state index in [0.29, 0.717) is 35.7 Å². The lowest BCUT2D eigenvalue weighted by Gasteiger charge is -2.13. The first-order valence-corrected chi connectivity index (χ1v) is 6.89. The van der Waals surface area contributed by atoms with Crippen LogP contribution in [0.15, 0.2) is 42.7 Å². The lowest BCUT2D eigenvalue weighted by molar-refractivity contribution is 0.0796. The molecule has 0 saturated carbocycles. The molecule has 2 amide bonds. The average Bonchev–Trinajstić information content (AvgIpc) is 2.68. The SMILES string of the molecule is CN1CCOc2ccc(NC(=O)c3cccnc3)cc2C1=O. The van der Waals surface area contributed by atoms with Gasteiger partial charge in [0.2, 0.25) is 0 Å². The van der Waals surface area contributed by atoms with E-state index >= 15 is 0 Å². The van der Waals surface area contributed by atoms with Crippen LogP contribution in [-0.2, 0) is 0 Å². The number of nitrogens with zero attached hydrogens (tertiary/aromatic N) is 2. The molecule has 0 spiro atoms. The monoisotopic (exact) mass is 297 g/mol. The van der Waals surface area contributed by atoms with Crippen LogP contribution in [0.5, 0.6) is 5.75 Å². The molecule has 3 rings (SSSR count). The third kappa shape index (κ3) is 2.76. The van der Waals surface area contributed by atoms with Gasteiger partial charge in [-0.15, -0.1) is 0 Å². The molecule has 1 aromatic heterocycles. The molecule has 0 unspecified atom stereocenters. The maximum atomic E-state index is 12.3. The van der Waals surface area contributed by atoms with Crippen LogP contribution in [0, 0.1) is 0 Å². The number of benzene rings is 1. The van der Waals surface area contributed by atoms with E-state index in [1.807, 2.05) is 0 Å². The smallest absolute Gasteiger partial charge is 0.257 e. The summed E-state index contributed by atoms with van der Waals surface area (Å²) in [6.07, 6.45) is 3.09. The first kappa shape index (κ1) is 14.1. The number of amides is 2. The molecule has 0 aliphatic carbocycles. The molecule has 1 aliphatic rings. The van der Waals surface area contributed by atoms with Crippen molar-refractivity contribution in [3.63, 3.8) is 0 Å². The third-order valence-corrected chi connectivity index (χ3v) is 3.42. The summed E-state index contributed by atoms with van der Waals surface area (Å²) >= 11 is 0. The predicted molar refractivity (Wildman–Crippen MR) is 81.1 cm³/mol. The zero-order valence-corrected chi connectivity index (χ0v) is 12.1. The average molecular weight is 297 g/mol. The molecule has 1 N–H and O–H groups in total. The highest BCUT2D eigenvalue weighted by Gasteiger charge is 2.21. The minimum atomic E-state index is -0.275.